The summed E-state index contributed by atoms with van der Waals surface area (Å²) in [6.45, 7) is 2.48. The van der Waals surface area contributed by atoms with Crippen LogP contribution in [0.1, 0.15) is 16.8 Å². The molecule has 32 heavy (non-hydrogen) atoms. The molecule has 0 aliphatic carbocycles. The number of nitrogens with zero attached hydrogens (tertiary/aromatic N) is 5. The lowest BCUT2D eigenvalue weighted by atomic mass is 9.98. The smallest absolute Gasteiger partial charge is 0.180 e. The van der Waals surface area contributed by atoms with E-state index in [-0.39, 0.29) is 0 Å². The molecule has 3 heterocycles. The molecule has 0 aliphatic rings. The first-order valence-corrected chi connectivity index (χ1v) is 10.3. The van der Waals surface area contributed by atoms with E-state index in [0.29, 0.717) is 17.9 Å². The van der Waals surface area contributed by atoms with Crippen LogP contribution in [0.15, 0.2) is 85.5 Å². The van der Waals surface area contributed by atoms with Crippen molar-refractivity contribution in [1.29, 1.82) is 5.26 Å². The van der Waals surface area contributed by atoms with Crippen LogP contribution < -0.4 is 5.32 Å². The fourth-order valence-electron chi connectivity index (χ4n) is 3.81. The molecule has 0 fully saturated rings. The highest BCUT2D eigenvalue weighted by Gasteiger charge is 2.11. The average molecular weight is 416 g/mol. The van der Waals surface area contributed by atoms with E-state index in [1.54, 1.807) is 12.4 Å². The molecule has 0 bridgehead atoms. The maximum atomic E-state index is 9.70. The lowest BCUT2D eigenvalue weighted by molar-refractivity contribution is 1.07. The van der Waals surface area contributed by atoms with Gasteiger partial charge in [0.05, 0.1) is 23.5 Å². The summed E-state index contributed by atoms with van der Waals surface area (Å²) in [6.07, 6.45) is 7.30. The first-order chi connectivity index (χ1) is 15.7. The fraction of sp³-hybridized carbons (Fsp3) is 0.0769. The van der Waals surface area contributed by atoms with Gasteiger partial charge in [0.2, 0.25) is 0 Å². The SMILES string of the molecule is Cc1cc(-c2ccc(CNc3nccn4c(-c5ccccc5)cnc34)cc2C#N)ccn1. The molecule has 3 aromatic heterocycles. The van der Waals surface area contributed by atoms with E-state index < -0.39 is 0 Å². The quantitative estimate of drug-likeness (QED) is 0.423. The van der Waals surface area contributed by atoms with Crippen LogP contribution in [0, 0.1) is 18.3 Å². The standard InChI is InChI=1S/C26H20N6/c1-18-13-21(9-10-28-18)23-8-7-19(14-22(23)15-27)16-30-25-26-31-17-24(32(26)12-11-29-25)20-5-3-2-4-6-20/h2-14,17H,16H2,1H3,(H,29,30). The van der Waals surface area contributed by atoms with Gasteiger partial charge in [-0.25, -0.2) is 9.97 Å². The molecule has 6 nitrogen and oxygen atoms in total. The summed E-state index contributed by atoms with van der Waals surface area (Å²) < 4.78 is 2.03. The third-order valence-electron chi connectivity index (χ3n) is 5.37. The van der Waals surface area contributed by atoms with E-state index >= 15 is 0 Å². The Morgan fingerprint density at radius 2 is 1.81 bits per heavy atom. The minimum absolute atomic E-state index is 0.532. The Hall–Kier alpha value is -4.50. The van der Waals surface area contributed by atoms with Crippen LogP contribution in [0.4, 0.5) is 5.82 Å². The Kier molecular flexibility index (Phi) is 5.06. The number of nitriles is 1. The highest BCUT2D eigenvalue weighted by Crippen LogP contribution is 2.26. The second-order valence-electron chi connectivity index (χ2n) is 7.51. The van der Waals surface area contributed by atoms with Gasteiger partial charge >= 0.3 is 0 Å². The maximum absolute atomic E-state index is 9.70. The Balaban J connectivity index is 1.41. The van der Waals surface area contributed by atoms with Gasteiger partial charge in [0, 0.05) is 36.4 Å². The third kappa shape index (κ3) is 3.68. The molecule has 0 unspecified atom stereocenters. The molecule has 2 aromatic carbocycles. The van der Waals surface area contributed by atoms with Crippen LogP contribution in [0.2, 0.25) is 0 Å². The number of hydrogen-bond donors (Lipinski definition) is 1. The number of rotatable bonds is 5. The lowest BCUT2D eigenvalue weighted by Crippen LogP contribution is -2.04. The zero-order chi connectivity index (χ0) is 21.9. The van der Waals surface area contributed by atoms with Crippen LogP contribution in [0.5, 0.6) is 0 Å². The number of aromatic nitrogens is 4. The van der Waals surface area contributed by atoms with Gasteiger partial charge in [-0.05, 0) is 41.8 Å². The molecule has 5 aromatic rings. The van der Waals surface area contributed by atoms with Crippen molar-refractivity contribution in [2.45, 2.75) is 13.5 Å². The molecule has 0 saturated heterocycles. The van der Waals surface area contributed by atoms with Crippen LogP contribution in [0.25, 0.3) is 28.0 Å². The van der Waals surface area contributed by atoms with Gasteiger partial charge in [-0.15, -0.1) is 0 Å². The highest BCUT2D eigenvalue weighted by atomic mass is 15.1. The Labute approximate surface area is 185 Å². The predicted octanol–water partition coefficient (Wildman–Crippen LogP) is 5.25. The number of anilines is 1. The van der Waals surface area contributed by atoms with E-state index in [1.165, 1.54) is 0 Å². The zero-order valence-electron chi connectivity index (χ0n) is 17.5. The molecule has 154 valence electrons. The van der Waals surface area contributed by atoms with E-state index in [1.807, 2.05) is 72.2 Å². The highest BCUT2D eigenvalue weighted by molar-refractivity contribution is 5.72. The second kappa shape index (κ2) is 8.32. The van der Waals surface area contributed by atoms with E-state index in [0.717, 1.165) is 39.3 Å². The largest absolute Gasteiger partial charge is 0.363 e. The van der Waals surface area contributed by atoms with Gasteiger partial charge in [0.25, 0.3) is 0 Å². The van der Waals surface area contributed by atoms with Crippen LogP contribution >= 0.6 is 0 Å². The molecule has 0 spiro atoms. The van der Waals surface area contributed by atoms with Gasteiger partial charge in [-0.2, -0.15) is 5.26 Å². The van der Waals surface area contributed by atoms with Gasteiger partial charge in [0.1, 0.15) is 0 Å². The van der Waals surface area contributed by atoms with Crippen LogP contribution in [-0.4, -0.2) is 19.4 Å². The molecule has 0 saturated carbocycles. The van der Waals surface area contributed by atoms with Gasteiger partial charge in [-0.1, -0.05) is 42.5 Å². The van der Waals surface area contributed by atoms with Crippen LogP contribution in [0.3, 0.4) is 0 Å². The fourth-order valence-corrected chi connectivity index (χ4v) is 3.81. The number of nitrogens with one attached hydrogen (secondary N) is 1. The molecular weight excluding hydrogens is 396 g/mol. The van der Waals surface area contributed by atoms with E-state index in [2.05, 4.69) is 38.5 Å². The van der Waals surface area contributed by atoms with Crippen molar-refractivity contribution in [1.82, 2.24) is 19.4 Å². The predicted molar refractivity (Wildman–Crippen MR) is 125 cm³/mol. The number of aryl methyl sites for hydroxylation is 1. The number of imidazole rings is 1. The molecular formula is C26H20N6. The van der Waals surface area contributed by atoms with E-state index in [9.17, 15) is 5.26 Å². The minimum Gasteiger partial charge on any atom is -0.363 e. The normalized spacial score (nSPS) is 10.8. The third-order valence-corrected chi connectivity index (χ3v) is 5.37. The molecule has 0 radical (unpaired) electrons. The topological polar surface area (TPSA) is 78.9 Å². The summed E-state index contributed by atoms with van der Waals surface area (Å²) in [7, 11) is 0. The van der Waals surface area contributed by atoms with Crippen molar-refractivity contribution in [3.05, 3.63) is 102 Å². The molecule has 0 amide bonds. The van der Waals surface area contributed by atoms with Crippen molar-refractivity contribution in [2.75, 3.05) is 5.32 Å². The van der Waals surface area contributed by atoms with E-state index in [4.69, 9.17) is 0 Å². The second-order valence-corrected chi connectivity index (χ2v) is 7.51. The Morgan fingerprint density at radius 1 is 0.938 bits per heavy atom. The molecule has 6 heteroatoms. The summed E-state index contributed by atoms with van der Waals surface area (Å²) in [5.74, 6) is 0.696. The Bertz CT molecular complexity index is 1450. The van der Waals surface area contributed by atoms with Gasteiger partial charge in [-0.3, -0.25) is 9.38 Å². The van der Waals surface area contributed by atoms with Crippen molar-refractivity contribution in [3.8, 4) is 28.5 Å². The van der Waals surface area contributed by atoms with Crippen LogP contribution in [-0.2, 0) is 6.54 Å². The molecule has 0 aliphatic heterocycles. The van der Waals surface area contributed by atoms with Crippen molar-refractivity contribution >= 4 is 11.5 Å². The van der Waals surface area contributed by atoms with Gasteiger partial charge < -0.3 is 5.32 Å². The monoisotopic (exact) mass is 416 g/mol. The summed E-state index contributed by atoms with van der Waals surface area (Å²) in [4.78, 5) is 13.3. The van der Waals surface area contributed by atoms with Gasteiger partial charge in [0.15, 0.2) is 11.5 Å². The Morgan fingerprint density at radius 3 is 2.62 bits per heavy atom. The van der Waals surface area contributed by atoms with Crippen molar-refractivity contribution in [3.63, 3.8) is 0 Å². The molecule has 5 rings (SSSR count). The zero-order valence-corrected chi connectivity index (χ0v) is 17.5. The summed E-state index contributed by atoms with van der Waals surface area (Å²) in [6, 6.07) is 22.3. The van der Waals surface area contributed by atoms with Crippen molar-refractivity contribution in [2.24, 2.45) is 0 Å². The minimum atomic E-state index is 0.532. The lowest BCUT2D eigenvalue weighted by Gasteiger charge is -2.10. The number of hydrogen-bond acceptors (Lipinski definition) is 5. The summed E-state index contributed by atoms with van der Waals surface area (Å²) in [5.41, 5.74) is 7.31. The molecule has 1 N–H and O–H groups in total. The first-order valence-electron chi connectivity index (χ1n) is 10.3. The first kappa shape index (κ1) is 19.5. The maximum Gasteiger partial charge on any atom is 0.180 e. The number of fused-ring (bicyclic) bond motifs is 1. The summed E-state index contributed by atoms with van der Waals surface area (Å²) >= 11 is 0. The molecule has 0 atom stereocenters. The average Bonchev–Trinajstić information content (AvgIpc) is 3.28. The summed E-state index contributed by atoms with van der Waals surface area (Å²) in [5, 5.41) is 13.1. The number of benzene rings is 2. The van der Waals surface area contributed by atoms with Crippen molar-refractivity contribution < 1.29 is 0 Å². The number of pyridine rings is 1.